The van der Waals surface area contributed by atoms with Crippen LogP contribution in [0, 0.1) is 11.8 Å². The average molecular weight is 314 g/mol. The number of likely N-dealkylation sites (tertiary alicyclic amines) is 1. The lowest BCUT2D eigenvalue weighted by molar-refractivity contribution is -0.122. The Hall–Kier alpha value is -2.76. The van der Waals surface area contributed by atoms with Gasteiger partial charge in [-0.1, -0.05) is 18.2 Å². The molecule has 2 amide bonds. The van der Waals surface area contributed by atoms with Gasteiger partial charge in [-0.3, -0.25) is 9.59 Å². The van der Waals surface area contributed by atoms with Crippen molar-refractivity contribution in [1.29, 1.82) is 0 Å². The van der Waals surface area contributed by atoms with Crippen molar-refractivity contribution in [1.82, 2.24) is 4.90 Å². The minimum absolute atomic E-state index is 0.122. The van der Waals surface area contributed by atoms with Crippen LogP contribution in [-0.4, -0.2) is 36.4 Å². The molecule has 0 unspecified atom stereocenters. The number of carbonyl (C=O) groups is 2. The molecule has 1 aromatic carbocycles. The molecule has 0 radical (unpaired) electrons. The topological polar surface area (TPSA) is 85.8 Å². The second kappa shape index (κ2) is 6.56. The van der Waals surface area contributed by atoms with Gasteiger partial charge < -0.3 is 19.8 Å². The first-order valence-electron chi connectivity index (χ1n) is 7.44. The fraction of sp³-hybridized carbons (Fsp3) is 0.294. The van der Waals surface area contributed by atoms with Gasteiger partial charge in [-0.15, -0.1) is 0 Å². The second-order valence-electron chi connectivity index (χ2n) is 5.62. The SMILES string of the molecule is NC(=O)[C@@H]1CN(C(=O)c2ccoc2)C[C@H]1COc1ccccc1. The Balaban J connectivity index is 1.66. The number of amides is 2. The van der Waals surface area contributed by atoms with Gasteiger partial charge >= 0.3 is 0 Å². The highest BCUT2D eigenvalue weighted by Gasteiger charge is 2.39. The van der Waals surface area contributed by atoms with E-state index >= 15 is 0 Å². The molecule has 2 aromatic rings. The predicted molar refractivity (Wildman–Crippen MR) is 82.7 cm³/mol. The Morgan fingerprint density at radius 1 is 1.22 bits per heavy atom. The number of hydrogen-bond acceptors (Lipinski definition) is 4. The van der Waals surface area contributed by atoms with Gasteiger partial charge in [0.05, 0.1) is 24.4 Å². The third-order valence-electron chi connectivity index (χ3n) is 4.07. The van der Waals surface area contributed by atoms with Crippen molar-refractivity contribution >= 4 is 11.8 Å². The summed E-state index contributed by atoms with van der Waals surface area (Å²) < 4.78 is 10.7. The van der Waals surface area contributed by atoms with Crippen molar-refractivity contribution in [3.63, 3.8) is 0 Å². The maximum atomic E-state index is 12.4. The minimum Gasteiger partial charge on any atom is -0.493 e. The molecule has 0 spiro atoms. The number of rotatable bonds is 5. The molecule has 2 heterocycles. The Labute approximate surface area is 133 Å². The molecule has 0 bridgehead atoms. The van der Waals surface area contributed by atoms with Crippen LogP contribution in [0.15, 0.2) is 53.3 Å². The molecule has 0 aliphatic carbocycles. The molecule has 6 heteroatoms. The fourth-order valence-corrected chi connectivity index (χ4v) is 2.82. The molecule has 6 nitrogen and oxygen atoms in total. The Morgan fingerprint density at radius 2 is 2.00 bits per heavy atom. The maximum Gasteiger partial charge on any atom is 0.257 e. The standard InChI is InChI=1S/C17H18N2O4/c18-16(20)15-9-19(17(21)12-6-7-22-10-12)8-13(15)11-23-14-4-2-1-3-5-14/h1-7,10,13,15H,8-9,11H2,(H2,18,20)/t13-,15+/m0/s1. The minimum atomic E-state index is -0.408. The molecule has 2 N–H and O–H groups in total. The van der Waals surface area contributed by atoms with E-state index in [0.29, 0.717) is 25.3 Å². The molecule has 3 rings (SSSR count). The van der Waals surface area contributed by atoms with E-state index < -0.39 is 11.8 Å². The smallest absolute Gasteiger partial charge is 0.257 e. The molecular weight excluding hydrogens is 296 g/mol. The van der Waals surface area contributed by atoms with Crippen molar-refractivity contribution in [2.45, 2.75) is 0 Å². The van der Waals surface area contributed by atoms with Gasteiger partial charge in [0.15, 0.2) is 0 Å². The molecule has 23 heavy (non-hydrogen) atoms. The number of carbonyl (C=O) groups excluding carboxylic acids is 2. The first kappa shape index (κ1) is 15.1. The van der Waals surface area contributed by atoms with E-state index in [1.165, 1.54) is 12.5 Å². The number of primary amides is 1. The van der Waals surface area contributed by atoms with Crippen molar-refractivity contribution in [3.05, 3.63) is 54.5 Å². The van der Waals surface area contributed by atoms with E-state index in [9.17, 15) is 9.59 Å². The van der Waals surface area contributed by atoms with Crippen LogP contribution in [0.1, 0.15) is 10.4 Å². The number of furan rings is 1. The summed E-state index contributed by atoms with van der Waals surface area (Å²) in [5.41, 5.74) is 5.96. The van der Waals surface area contributed by atoms with Gasteiger partial charge in [0, 0.05) is 19.0 Å². The van der Waals surface area contributed by atoms with E-state index in [1.54, 1.807) is 11.0 Å². The van der Waals surface area contributed by atoms with Gasteiger partial charge in [0.1, 0.15) is 12.0 Å². The van der Waals surface area contributed by atoms with Gasteiger partial charge in [-0.05, 0) is 18.2 Å². The summed E-state index contributed by atoms with van der Waals surface area (Å²) in [5, 5.41) is 0. The van der Waals surface area contributed by atoms with E-state index in [-0.39, 0.29) is 11.8 Å². The van der Waals surface area contributed by atoms with Crippen LogP contribution < -0.4 is 10.5 Å². The molecule has 2 atom stereocenters. The zero-order chi connectivity index (χ0) is 16.2. The van der Waals surface area contributed by atoms with Gasteiger partial charge in [-0.25, -0.2) is 0 Å². The zero-order valence-electron chi connectivity index (χ0n) is 12.6. The average Bonchev–Trinajstić information content (AvgIpc) is 3.23. The lowest BCUT2D eigenvalue weighted by Crippen LogP contribution is -2.32. The quantitative estimate of drug-likeness (QED) is 0.907. The van der Waals surface area contributed by atoms with Crippen molar-refractivity contribution in [3.8, 4) is 5.75 Å². The van der Waals surface area contributed by atoms with E-state index in [0.717, 1.165) is 5.75 Å². The fourth-order valence-electron chi connectivity index (χ4n) is 2.82. The summed E-state index contributed by atoms with van der Waals surface area (Å²) in [7, 11) is 0. The third-order valence-corrected chi connectivity index (χ3v) is 4.07. The van der Waals surface area contributed by atoms with Crippen LogP contribution in [0.5, 0.6) is 5.75 Å². The van der Waals surface area contributed by atoms with E-state index in [1.807, 2.05) is 30.3 Å². The van der Waals surface area contributed by atoms with Gasteiger partial charge in [0.2, 0.25) is 5.91 Å². The zero-order valence-corrected chi connectivity index (χ0v) is 12.6. The van der Waals surface area contributed by atoms with Gasteiger partial charge in [-0.2, -0.15) is 0 Å². The van der Waals surface area contributed by atoms with E-state index in [4.69, 9.17) is 14.9 Å². The van der Waals surface area contributed by atoms with Crippen LogP contribution >= 0.6 is 0 Å². The maximum absolute atomic E-state index is 12.4. The highest BCUT2D eigenvalue weighted by Crippen LogP contribution is 2.26. The van der Waals surface area contributed by atoms with Crippen LogP contribution in [-0.2, 0) is 4.79 Å². The normalized spacial score (nSPS) is 20.4. The largest absolute Gasteiger partial charge is 0.493 e. The molecule has 1 fully saturated rings. The number of hydrogen-bond donors (Lipinski definition) is 1. The number of nitrogens with zero attached hydrogens (tertiary/aromatic N) is 1. The summed E-state index contributed by atoms with van der Waals surface area (Å²) in [6.07, 6.45) is 2.85. The molecule has 1 saturated heterocycles. The molecule has 1 aliphatic rings. The summed E-state index contributed by atoms with van der Waals surface area (Å²) in [6.45, 7) is 1.08. The number of para-hydroxylation sites is 1. The second-order valence-corrected chi connectivity index (χ2v) is 5.62. The number of ether oxygens (including phenoxy) is 1. The number of nitrogens with two attached hydrogens (primary N) is 1. The highest BCUT2D eigenvalue weighted by molar-refractivity contribution is 5.94. The van der Waals surface area contributed by atoms with Crippen LogP contribution in [0.25, 0.3) is 0 Å². The van der Waals surface area contributed by atoms with Gasteiger partial charge in [0.25, 0.3) is 5.91 Å². The first-order valence-corrected chi connectivity index (χ1v) is 7.44. The van der Waals surface area contributed by atoms with Crippen LogP contribution in [0.3, 0.4) is 0 Å². The molecule has 1 aromatic heterocycles. The van der Waals surface area contributed by atoms with Crippen molar-refractivity contribution < 1.29 is 18.7 Å². The summed E-state index contributed by atoms with van der Waals surface area (Å²) in [5.74, 6) is -0.366. The van der Waals surface area contributed by atoms with Crippen molar-refractivity contribution in [2.75, 3.05) is 19.7 Å². The Kier molecular flexibility index (Phi) is 4.32. The molecule has 120 valence electrons. The summed E-state index contributed by atoms with van der Waals surface area (Å²) in [6, 6.07) is 11.0. The third kappa shape index (κ3) is 3.36. The highest BCUT2D eigenvalue weighted by atomic mass is 16.5. The molecule has 1 aliphatic heterocycles. The Bertz CT molecular complexity index is 669. The summed E-state index contributed by atoms with van der Waals surface area (Å²) >= 11 is 0. The lowest BCUT2D eigenvalue weighted by Gasteiger charge is -2.16. The summed E-state index contributed by atoms with van der Waals surface area (Å²) in [4.78, 5) is 25.7. The van der Waals surface area contributed by atoms with E-state index in [2.05, 4.69) is 0 Å². The number of benzene rings is 1. The first-order chi connectivity index (χ1) is 11.1. The lowest BCUT2D eigenvalue weighted by atomic mass is 9.96. The van der Waals surface area contributed by atoms with Crippen LogP contribution in [0.2, 0.25) is 0 Å². The van der Waals surface area contributed by atoms with Crippen LogP contribution in [0.4, 0.5) is 0 Å². The molecule has 0 saturated carbocycles. The monoisotopic (exact) mass is 314 g/mol. The van der Waals surface area contributed by atoms with Crippen molar-refractivity contribution in [2.24, 2.45) is 17.6 Å². The Morgan fingerprint density at radius 3 is 2.65 bits per heavy atom. The molecular formula is C17H18N2O4. The predicted octanol–water partition coefficient (Wildman–Crippen LogP) is 1.53.